The fraction of sp³-hybridized carbons (Fsp3) is 0.458. The van der Waals surface area contributed by atoms with Crippen molar-refractivity contribution >= 4 is 34.3 Å². The zero-order valence-corrected chi connectivity index (χ0v) is 18.1. The van der Waals surface area contributed by atoms with E-state index in [1.807, 2.05) is 49.4 Å². The Labute approximate surface area is 178 Å². The van der Waals surface area contributed by atoms with Crippen molar-refractivity contribution in [1.29, 1.82) is 0 Å². The number of benzene rings is 2. The molecule has 0 bridgehead atoms. The van der Waals surface area contributed by atoms with Crippen LogP contribution in [0, 0.1) is 0 Å². The summed E-state index contributed by atoms with van der Waals surface area (Å²) in [6.07, 6.45) is 4.70. The Balaban J connectivity index is 1.75. The molecule has 1 N–H and O–H groups in total. The minimum absolute atomic E-state index is 0.258. The Morgan fingerprint density at radius 1 is 1.03 bits per heavy atom. The summed E-state index contributed by atoms with van der Waals surface area (Å²) < 4.78 is 0. The number of nitrogens with one attached hydrogen (secondary N) is 1. The minimum Gasteiger partial charge on any atom is -0.323 e. The molecular weight excluding hydrogens is 378 g/mol. The molecule has 3 rings (SSSR count). The summed E-state index contributed by atoms with van der Waals surface area (Å²) in [5, 5.41) is 4.81. The first-order valence-corrected chi connectivity index (χ1v) is 10.8. The zero-order valence-electron chi connectivity index (χ0n) is 18.1. The van der Waals surface area contributed by atoms with E-state index >= 15 is 0 Å². The predicted molar refractivity (Wildman–Crippen MR) is 119 cm³/mol. The van der Waals surface area contributed by atoms with Gasteiger partial charge in [-0.1, -0.05) is 69.0 Å². The number of amides is 4. The quantitative estimate of drug-likeness (QED) is 0.491. The summed E-state index contributed by atoms with van der Waals surface area (Å²) in [5.41, 5.74) is -0.142. The van der Waals surface area contributed by atoms with Crippen molar-refractivity contribution in [3.8, 4) is 0 Å². The molecular formula is C24H31N3O3. The van der Waals surface area contributed by atoms with Crippen molar-refractivity contribution in [1.82, 2.24) is 10.2 Å². The lowest BCUT2D eigenvalue weighted by atomic mass is 9.94. The number of likely N-dealkylation sites (N-methyl/N-ethyl adjacent to an activating group) is 1. The van der Waals surface area contributed by atoms with Gasteiger partial charge >= 0.3 is 6.03 Å². The number of hydrogen-bond donors (Lipinski definition) is 1. The van der Waals surface area contributed by atoms with Gasteiger partial charge in [0.15, 0.2) is 0 Å². The number of fused-ring (bicyclic) bond motifs is 1. The lowest BCUT2D eigenvalue weighted by molar-refractivity contribution is -0.134. The number of urea groups is 1. The Hall–Kier alpha value is -2.89. The van der Waals surface area contributed by atoms with E-state index < -0.39 is 11.6 Å². The molecule has 1 saturated heterocycles. The molecule has 6 nitrogen and oxygen atoms in total. The number of carbonyl (C=O) groups is 3. The van der Waals surface area contributed by atoms with Gasteiger partial charge in [-0.15, -0.1) is 0 Å². The van der Waals surface area contributed by atoms with E-state index in [0.717, 1.165) is 47.0 Å². The van der Waals surface area contributed by atoms with Gasteiger partial charge in [-0.05, 0) is 31.7 Å². The number of rotatable bonds is 9. The van der Waals surface area contributed by atoms with Crippen LogP contribution in [0.25, 0.3) is 10.8 Å². The Kier molecular flexibility index (Phi) is 6.75. The van der Waals surface area contributed by atoms with E-state index in [1.54, 1.807) is 11.8 Å². The lowest BCUT2D eigenvalue weighted by Gasteiger charge is -2.25. The normalized spacial score (nSPS) is 18.7. The third-order valence-electron chi connectivity index (χ3n) is 5.84. The smallest absolute Gasteiger partial charge is 0.323 e. The topological polar surface area (TPSA) is 69.7 Å². The molecule has 2 aromatic rings. The standard InChI is InChI=1S/C24H31N3O3/c1-4-6-7-10-16-24(3)22(29)27(23(30)25-24)17-21(28)26(5-2)20-15-11-13-18-12-8-9-14-19(18)20/h8-9,11-15H,4-7,10,16-17H2,1-3H3,(H,25,30). The Bertz CT molecular complexity index is 937. The first kappa shape index (κ1) is 21.8. The van der Waals surface area contributed by atoms with Gasteiger partial charge in [0.05, 0.1) is 5.69 Å². The highest BCUT2D eigenvalue weighted by Gasteiger charge is 2.48. The molecule has 1 aliphatic heterocycles. The average Bonchev–Trinajstić information content (AvgIpc) is 2.95. The molecule has 6 heteroatoms. The van der Waals surface area contributed by atoms with E-state index in [2.05, 4.69) is 12.2 Å². The van der Waals surface area contributed by atoms with Crippen LogP contribution in [-0.2, 0) is 9.59 Å². The van der Waals surface area contributed by atoms with Crippen LogP contribution in [0.3, 0.4) is 0 Å². The number of nitrogens with zero attached hydrogens (tertiary/aromatic N) is 2. The van der Waals surface area contributed by atoms with Crippen molar-refractivity contribution in [3.05, 3.63) is 42.5 Å². The van der Waals surface area contributed by atoms with Gasteiger partial charge in [-0.25, -0.2) is 4.79 Å². The summed E-state index contributed by atoms with van der Waals surface area (Å²) in [6.45, 7) is 5.97. The van der Waals surface area contributed by atoms with Crippen LogP contribution < -0.4 is 10.2 Å². The predicted octanol–water partition coefficient (Wildman–Crippen LogP) is 4.47. The van der Waals surface area contributed by atoms with Crippen LogP contribution in [0.2, 0.25) is 0 Å². The van der Waals surface area contributed by atoms with Gasteiger partial charge in [0.1, 0.15) is 12.1 Å². The lowest BCUT2D eigenvalue weighted by Crippen LogP contribution is -2.46. The average molecular weight is 410 g/mol. The maximum atomic E-state index is 13.1. The first-order valence-electron chi connectivity index (χ1n) is 10.8. The van der Waals surface area contributed by atoms with Crippen molar-refractivity contribution in [2.75, 3.05) is 18.0 Å². The molecule has 0 aromatic heterocycles. The summed E-state index contributed by atoms with van der Waals surface area (Å²) >= 11 is 0. The van der Waals surface area contributed by atoms with Gasteiger partial charge in [0, 0.05) is 11.9 Å². The highest BCUT2D eigenvalue weighted by molar-refractivity contribution is 6.11. The van der Waals surface area contributed by atoms with Crippen LogP contribution in [-0.4, -0.2) is 41.4 Å². The van der Waals surface area contributed by atoms with Crippen molar-refractivity contribution < 1.29 is 14.4 Å². The zero-order chi connectivity index (χ0) is 21.7. The maximum Gasteiger partial charge on any atom is 0.325 e. The van der Waals surface area contributed by atoms with Crippen LogP contribution in [0.1, 0.15) is 52.9 Å². The van der Waals surface area contributed by atoms with Gasteiger partial charge in [-0.2, -0.15) is 0 Å². The number of unbranched alkanes of at least 4 members (excludes halogenated alkanes) is 3. The molecule has 1 atom stereocenters. The summed E-state index contributed by atoms with van der Waals surface area (Å²) in [5.74, 6) is -0.584. The monoisotopic (exact) mass is 409 g/mol. The summed E-state index contributed by atoms with van der Waals surface area (Å²) in [6, 6.07) is 13.2. The van der Waals surface area contributed by atoms with Crippen LogP contribution in [0.4, 0.5) is 10.5 Å². The molecule has 1 heterocycles. The highest BCUT2D eigenvalue weighted by Crippen LogP contribution is 2.28. The van der Waals surface area contributed by atoms with Gasteiger partial charge in [-0.3, -0.25) is 14.5 Å². The van der Waals surface area contributed by atoms with E-state index in [-0.39, 0.29) is 18.4 Å². The number of imide groups is 1. The number of carbonyl (C=O) groups excluding carboxylic acids is 3. The minimum atomic E-state index is -0.929. The number of hydrogen-bond acceptors (Lipinski definition) is 3. The fourth-order valence-electron chi connectivity index (χ4n) is 4.11. The van der Waals surface area contributed by atoms with E-state index in [9.17, 15) is 14.4 Å². The Morgan fingerprint density at radius 3 is 2.50 bits per heavy atom. The van der Waals surface area contributed by atoms with Crippen LogP contribution >= 0.6 is 0 Å². The molecule has 1 unspecified atom stereocenters. The number of anilines is 1. The van der Waals surface area contributed by atoms with Gasteiger partial charge in [0.2, 0.25) is 5.91 Å². The molecule has 0 radical (unpaired) electrons. The molecule has 4 amide bonds. The van der Waals surface area contributed by atoms with Gasteiger partial charge < -0.3 is 10.2 Å². The second-order valence-corrected chi connectivity index (χ2v) is 8.10. The Morgan fingerprint density at radius 2 is 1.77 bits per heavy atom. The summed E-state index contributed by atoms with van der Waals surface area (Å²) in [7, 11) is 0. The van der Waals surface area contributed by atoms with Crippen LogP contribution in [0.5, 0.6) is 0 Å². The second kappa shape index (κ2) is 9.28. The third kappa shape index (κ3) is 4.32. The molecule has 0 aliphatic carbocycles. The van der Waals surface area contributed by atoms with Gasteiger partial charge in [0.25, 0.3) is 5.91 Å². The van der Waals surface area contributed by atoms with E-state index in [4.69, 9.17) is 0 Å². The third-order valence-corrected chi connectivity index (χ3v) is 5.84. The van der Waals surface area contributed by atoms with Crippen molar-refractivity contribution in [3.63, 3.8) is 0 Å². The molecule has 1 aliphatic rings. The highest BCUT2D eigenvalue weighted by atomic mass is 16.2. The fourth-order valence-corrected chi connectivity index (χ4v) is 4.11. The van der Waals surface area contributed by atoms with Crippen LogP contribution in [0.15, 0.2) is 42.5 Å². The molecule has 0 saturated carbocycles. The molecule has 0 spiro atoms. The molecule has 2 aromatic carbocycles. The van der Waals surface area contributed by atoms with E-state index in [0.29, 0.717) is 13.0 Å². The maximum absolute atomic E-state index is 13.1. The SMILES string of the molecule is CCCCCCC1(C)NC(=O)N(CC(=O)N(CC)c2cccc3ccccc23)C1=O. The molecule has 160 valence electrons. The summed E-state index contributed by atoms with van der Waals surface area (Å²) in [4.78, 5) is 41.3. The van der Waals surface area contributed by atoms with E-state index in [1.165, 1.54) is 0 Å². The van der Waals surface area contributed by atoms with Crippen molar-refractivity contribution in [2.24, 2.45) is 0 Å². The van der Waals surface area contributed by atoms with Crippen molar-refractivity contribution in [2.45, 2.75) is 58.4 Å². The second-order valence-electron chi connectivity index (χ2n) is 8.10. The molecule has 30 heavy (non-hydrogen) atoms. The largest absolute Gasteiger partial charge is 0.325 e. The first-order chi connectivity index (χ1) is 14.4. The molecule has 1 fully saturated rings.